The number of carbonyl (C=O) groups is 2. The maximum Gasteiger partial charge on any atom is 0.514 e. The van der Waals surface area contributed by atoms with Gasteiger partial charge >= 0.3 is 12.1 Å². The molecular weight excluding hydrogens is 760 g/mol. The van der Waals surface area contributed by atoms with Gasteiger partial charge in [0, 0.05) is 11.8 Å². The van der Waals surface area contributed by atoms with E-state index in [1.165, 1.54) is 14.2 Å². The van der Waals surface area contributed by atoms with Crippen LogP contribution in [0.2, 0.25) is 0 Å². The van der Waals surface area contributed by atoms with E-state index in [0.29, 0.717) is 28.2 Å². The van der Waals surface area contributed by atoms with Crippen LogP contribution in [0.3, 0.4) is 0 Å². The quantitative estimate of drug-likeness (QED) is 0.178. The van der Waals surface area contributed by atoms with Crippen LogP contribution >= 0.6 is 0 Å². The van der Waals surface area contributed by atoms with Crippen LogP contribution < -0.4 is 23.7 Å². The highest BCUT2D eigenvalue weighted by Crippen LogP contribution is 2.57. The molecule has 3 aromatic carbocycles. The lowest BCUT2D eigenvalue weighted by atomic mass is 9.66. The second-order valence-corrected chi connectivity index (χ2v) is 15.5. The molecule has 300 valence electrons. The van der Waals surface area contributed by atoms with E-state index in [1.54, 1.807) is 43.3 Å². The number of aliphatic hydroxyl groups is 1. The first kappa shape index (κ1) is 38.2. The van der Waals surface area contributed by atoms with Gasteiger partial charge in [-0.15, -0.1) is 0 Å². The van der Waals surface area contributed by atoms with E-state index in [-0.39, 0.29) is 43.9 Å². The Morgan fingerprint density at radius 3 is 2.30 bits per heavy atom. The van der Waals surface area contributed by atoms with Crippen molar-refractivity contribution in [2.45, 2.75) is 62.5 Å². The molecule has 0 amide bonds. The van der Waals surface area contributed by atoms with Gasteiger partial charge < -0.3 is 57.2 Å². The fourth-order valence-electron chi connectivity index (χ4n) is 7.94. The standard InChI is InChI=1S/C38H40O17S/c1-18-46-16-28-34(51-18)31(39)35(55-56(4,42)43)37(52-28)53-32-22-13-25-24(49-17-50-25)12-21(22)29(30-23(32)15-47-36(30)40)20-10-26(44-2)33(27(11-20)45-3)54-38(41)48-14-19-8-6-5-7-9-19/h5-13,18,23,28-32,34-35,37,39H,14-17H2,1-4H3/t18-,23+,28-,29-,30+,31+,32-,34-,35-,37+/m1/s1. The molecule has 56 heavy (non-hydrogen) atoms. The van der Waals surface area contributed by atoms with E-state index in [0.717, 1.165) is 11.8 Å². The number of hydrogen-bond donors (Lipinski definition) is 1. The molecular formula is C38H40O17S. The van der Waals surface area contributed by atoms with Crippen molar-refractivity contribution in [2.75, 3.05) is 40.5 Å². The molecule has 4 heterocycles. The number of cyclic esters (lactones) is 1. The summed E-state index contributed by atoms with van der Waals surface area (Å²) in [6, 6.07) is 15.8. The predicted octanol–water partition coefficient (Wildman–Crippen LogP) is 3.33. The summed E-state index contributed by atoms with van der Waals surface area (Å²) >= 11 is 0. The Labute approximate surface area is 321 Å². The van der Waals surface area contributed by atoms with Crippen molar-refractivity contribution < 1.29 is 79.4 Å². The average Bonchev–Trinajstić information content (AvgIpc) is 3.81. The Hall–Kier alpha value is -4.69. The number of hydrogen-bond acceptors (Lipinski definition) is 17. The van der Waals surface area contributed by atoms with Gasteiger partial charge in [0.25, 0.3) is 10.1 Å². The van der Waals surface area contributed by atoms with Crippen molar-refractivity contribution in [3.8, 4) is 28.7 Å². The predicted molar refractivity (Wildman–Crippen MR) is 188 cm³/mol. The van der Waals surface area contributed by atoms with Crippen molar-refractivity contribution in [1.82, 2.24) is 0 Å². The number of benzene rings is 3. The van der Waals surface area contributed by atoms with Crippen molar-refractivity contribution in [1.29, 1.82) is 0 Å². The maximum atomic E-state index is 13.8. The summed E-state index contributed by atoms with van der Waals surface area (Å²) in [4.78, 5) is 26.7. The highest BCUT2D eigenvalue weighted by molar-refractivity contribution is 7.86. The summed E-state index contributed by atoms with van der Waals surface area (Å²) < 4.78 is 94.1. The lowest BCUT2D eigenvalue weighted by Crippen LogP contribution is -2.64. The normalized spacial score (nSPS) is 30.3. The number of esters is 1. The molecule has 0 unspecified atom stereocenters. The van der Waals surface area contributed by atoms with Gasteiger partial charge in [0.2, 0.25) is 12.5 Å². The molecule has 17 nitrogen and oxygen atoms in total. The number of aliphatic hydroxyl groups excluding tert-OH is 1. The monoisotopic (exact) mass is 800 g/mol. The molecule has 5 aliphatic rings. The van der Waals surface area contributed by atoms with Crippen LogP contribution in [0, 0.1) is 11.8 Å². The van der Waals surface area contributed by atoms with Crippen molar-refractivity contribution in [3.05, 3.63) is 76.9 Å². The van der Waals surface area contributed by atoms with Crippen LogP contribution in [-0.2, 0) is 54.1 Å². The van der Waals surface area contributed by atoms with E-state index >= 15 is 0 Å². The molecule has 0 aromatic heterocycles. The molecule has 10 atom stereocenters. The fraction of sp³-hybridized carbons (Fsp3) is 0.474. The van der Waals surface area contributed by atoms with Crippen molar-refractivity contribution in [3.63, 3.8) is 0 Å². The molecule has 8 rings (SSSR count). The van der Waals surface area contributed by atoms with Crippen molar-refractivity contribution in [2.24, 2.45) is 11.8 Å². The topological polar surface area (TPSA) is 199 Å². The zero-order chi connectivity index (χ0) is 39.3. The number of methoxy groups -OCH3 is 2. The lowest BCUT2D eigenvalue weighted by Gasteiger charge is -2.48. The largest absolute Gasteiger partial charge is 0.514 e. The van der Waals surface area contributed by atoms with E-state index in [2.05, 4.69) is 0 Å². The Balaban J connectivity index is 1.17. The highest BCUT2D eigenvalue weighted by Gasteiger charge is 2.57. The molecule has 3 saturated heterocycles. The first-order valence-corrected chi connectivity index (χ1v) is 19.6. The fourth-order valence-corrected chi connectivity index (χ4v) is 8.55. The molecule has 1 aliphatic carbocycles. The third-order valence-electron chi connectivity index (χ3n) is 10.4. The summed E-state index contributed by atoms with van der Waals surface area (Å²) in [6.45, 7) is 1.50. The Kier molecular flexibility index (Phi) is 10.5. The van der Waals surface area contributed by atoms with Gasteiger partial charge in [-0.3, -0.25) is 8.98 Å². The number of carbonyl (C=O) groups excluding carboxylic acids is 2. The molecule has 18 heteroatoms. The SMILES string of the molecule is COc1cc([C@@H]2c3cc4c(cc3[C@@H](O[C@@H]3O[C@@H]5CO[C@@H](C)O[C@H]5[C@H](O)[C@H]3OS(C)(=O)=O)[C@H]3COC(=O)[C@H]23)OCO4)cc(OC)c1OC(=O)OCc1ccccc1. The minimum Gasteiger partial charge on any atom is -0.493 e. The second kappa shape index (κ2) is 15.3. The molecule has 0 bridgehead atoms. The number of rotatable bonds is 10. The second-order valence-electron chi connectivity index (χ2n) is 13.9. The number of ether oxygens (including phenoxy) is 11. The third-order valence-corrected chi connectivity index (χ3v) is 10.9. The summed E-state index contributed by atoms with van der Waals surface area (Å²) in [6.07, 6.45) is -8.16. The van der Waals surface area contributed by atoms with Crippen LogP contribution in [-0.4, -0.2) is 103 Å². The van der Waals surface area contributed by atoms with E-state index in [1.807, 2.05) is 18.2 Å². The van der Waals surface area contributed by atoms with Gasteiger partial charge in [0.05, 0.1) is 45.7 Å². The van der Waals surface area contributed by atoms with E-state index in [9.17, 15) is 23.1 Å². The molecule has 1 N–H and O–H groups in total. The van der Waals surface area contributed by atoms with Gasteiger partial charge in [-0.1, -0.05) is 30.3 Å². The first-order valence-electron chi connectivity index (χ1n) is 17.8. The summed E-state index contributed by atoms with van der Waals surface area (Å²) in [5.41, 5.74) is 2.42. The van der Waals surface area contributed by atoms with E-state index in [4.69, 9.17) is 56.3 Å². The van der Waals surface area contributed by atoms with Gasteiger partial charge in [-0.25, -0.2) is 4.79 Å². The summed E-state index contributed by atoms with van der Waals surface area (Å²) in [5, 5.41) is 11.4. The molecule has 3 aromatic rings. The Morgan fingerprint density at radius 2 is 1.62 bits per heavy atom. The van der Waals surface area contributed by atoms with Crippen LogP contribution in [0.4, 0.5) is 4.79 Å². The van der Waals surface area contributed by atoms with Gasteiger partial charge in [0.1, 0.15) is 24.9 Å². The van der Waals surface area contributed by atoms with Crippen molar-refractivity contribution >= 4 is 22.2 Å². The molecule has 4 aliphatic heterocycles. The zero-order valence-corrected chi connectivity index (χ0v) is 31.5. The van der Waals surface area contributed by atoms with Gasteiger partial charge in [0.15, 0.2) is 41.7 Å². The highest BCUT2D eigenvalue weighted by atomic mass is 32.2. The lowest BCUT2D eigenvalue weighted by molar-refractivity contribution is -0.360. The smallest absolute Gasteiger partial charge is 0.493 e. The molecule has 0 saturated carbocycles. The van der Waals surface area contributed by atoms with Crippen LogP contribution in [0.5, 0.6) is 28.7 Å². The Bertz CT molecular complexity index is 2050. The molecule has 0 spiro atoms. The minimum absolute atomic E-state index is 0.0259. The van der Waals surface area contributed by atoms with Gasteiger partial charge in [-0.05, 0) is 53.4 Å². The summed E-state index contributed by atoms with van der Waals surface area (Å²) in [7, 11) is -1.36. The zero-order valence-electron chi connectivity index (χ0n) is 30.7. The third kappa shape index (κ3) is 7.33. The van der Waals surface area contributed by atoms with Crippen LogP contribution in [0.1, 0.15) is 41.2 Å². The molecule has 3 fully saturated rings. The van der Waals surface area contributed by atoms with Gasteiger partial charge in [-0.2, -0.15) is 8.42 Å². The summed E-state index contributed by atoms with van der Waals surface area (Å²) in [5.74, 6) is -1.82. The van der Waals surface area contributed by atoms with Crippen LogP contribution in [0.15, 0.2) is 54.6 Å². The minimum atomic E-state index is -4.15. The molecule has 0 radical (unpaired) electrons. The Morgan fingerprint density at radius 1 is 0.929 bits per heavy atom. The van der Waals surface area contributed by atoms with E-state index < -0.39 is 83.1 Å². The van der Waals surface area contributed by atoms with Crippen LogP contribution in [0.25, 0.3) is 0 Å². The maximum absolute atomic E-state index is 13.8. The number of fused-ring (bicyclic) bond motifs is 4. The average molecular weight is 801 g/mol. The first-order chi connectivity index (χ1) is 26.9.